The van der Waals surface area contributed by atoms with Crippen LogP contribution in [-0.4, -0.2) is 12.0 Å². The summed E-state index contributed by atoms with van der Waals surface area (Å²) in [4.78, 5) is 5.17. The first-order valence-corrected chi connectivity index (χ1v) is 5.42. The van der Waals surface area contributed by atoms with E-state index in [1.807, 2.05) is 30.9 Å². The van der Waals surface area contributed by atoms with E-state index in [4.69, 9.17) is 11.6 Å². The molecule has 0 aliphatic carbocycles. The van der Waals surface area contributed by atoms with Crippen LogP contribution in [0.15, 0.2) is 29.9 Å². The fourth-order valence-electron chi connectivity index (χ4n) is 1.23. The third kappa shape index (κ3) is 1.89. The Hall–Kier alpha value is -1.06. The summed E-state index contributed by atoms with van der Waals surface area (Å²) >= 11 is 7.60. The third-order valence-electron chi connectivity index (χ3n) is 1.90. The molecule has 1 aromatic heterocycles. The Morgan fingerprint density at radius 2 is 2.21 bits per heavy atom. The molecule has 0 saturated carbocycles. The predicted molar refractivity (Wildman–Crippen MR) is 62.1 cm³/mol. The summed E-state index contributed by atoms with van der Waals surface area (Å²) in [6.45, 7) is 0. The first-order chi connectivity index (χ1) is 6.79. The van der Waals surface area contributed by atoms with Gasteiger partial charge in [-0.05, 0) is 23.8 Å². The summed E-state index contributed by atoms with van der Waals surface area (Å²) < 4.78 is 0. The second-order valence-electron chi connectivity index (χ2n) is 2.84. The van der Waals surface area contributed by atoms with E-state index in [0.29, 0.717) is 0 Å². The summed E-state index contributed by atoms with van der Waals surface area (Å²) in [6, 6.07) is 5.89. The third-order valence-corrected chi connectivity index (χ3v) is 2.94. The van der Waals surface area contributed by atoms with Crippen LogP contribution in [0.1, 0.15) is 0 Å². The van der Waals surface area contributed by atoms with Crippen molar-refractivity contribution >= 4 is 28.6 Å². The van der Waals surface area contributed by atoms with Gasteiger partial charge in [0.2, 0.25) is 0 Å². The van der Waals surface area contributed by atoms with E-state index in [0.717, 1.165) is 21.2 Å². The lowest BCUT2D eigenvalue weighted by Gasteiger charge is -2.03. The second-order valence-corrected chi connectivity index (χ2v) is 4.17. The number of halogens is 1. The fourth-order valence-corrected chi connectivity index (χ4v) is 2.08. The van der Waals surface area contributed by atoms with Crippen LogP contribution in [0.2, 0.25) is 5.02 Å². The monoisotopic (exact) mass is 224 g/mol. The predicted octanol–water partition coefficient (Wildman–Crippen LogP) is 3.51. The quantitative estimate of drug-likeness (QED) is 0.845. The highest BCUT2D eigenvalue weighted by Crippen LogP contribution is 2.29. The van der Waals surface area contributed by atoms with Crippen LogP contribution >= 0.6 is 22.9 Å². The first kappa shape index (κ1) is 9.49. The molecule has 0 amide bonds. The molecule has 1 heterocycles. The Bertz CT molecular complexity index is 426. The van der Waals surface area contributed by atoms with Gasteiger partial charge in [-0.3, -0.25) is 4.98 Å². The van der Waals surface area contributed by atoms with Crippen LogP contribution in [0.4, 0.5) is 5.69 Å². The minimum absolute atomic E-state index is 0.736. The van der Waals surface area contributed by atoms with Gasteiger partial charge in [-0.15, -0.1) is 11.3 Å². The Balaban J connectivity index is 2.48. The molecular weight excluding hydrogens is 216 g/mol. The van der Waals surface area contributed by atoms with Crippen LogP contribution in [0.3, 0.4) is 0 Å². The maximum Gasteiger partial charge on any atom is 0.0797 e. The number of aromatic nitrogens is 1. The van der Waals surface area contributed by atoms with Crippen molar-refractivity contribution in [2.75, 3.05) is 12.4 Å². The van der Waals surface area contributed by atoms with Gasteiger partial charge in [-0.1, -0.05) is 11.6 Å². The van der Waals surface area contributed by atoms with Crippen molar-refractivity contribution in [1.82, 2.24) is 4.98 Å². The molecule has 0 aliphatic rings. The molecule has 0 aliphatic heterocycles. The molecule has 72 valence electrons. The fraction of sp³-hybridized carbons (Fsp3) is 0.100. The van der Waals surface area contributed by atoms with E-state index in [1.54, 1.807) is 11.3 Å². The minimum Gasteiger partial charge on any atom is -0.388 e. The number of thiazole rings is 1. The van der Waals surface area contributed by atoms with Crippen molar-refractivity contribution in [2.24, 2.45) is 0 Å². The van der Waals surface area contributed by atoms with Gasteiger partial charge in [-0.2, -0.15) is 0 Å². The number of nitrogens with one attached hydrogen (secondary N) is 1. The number of hydrogen-bond acceptors (Lipinski definition) is 3. The largest absolute Gasteiger partial charge is 0.388 e. The van der Waals surface area contributed by atoms with E-state index in [9.17, 15) is 0 Å². The van der Waals surface area contributed by atoms with E-state index in [1.165, 1.54) is 0 Å². The molecule has 0 radical (unpaired) electrons. The molecule has 0 unspecified atom stereocenters. The number of nitrogens with zero attached hydrogens (tertiary/aromatic N) is 1. The molecule has 0 bridgehead atoms. The molecule has 1 aromatic carbocycles. The zero-order chi connectivity index (χ0) is 9.97. The van der Waals surface area contributed by atoms with Crippen molar-refractivity contribution in [1.29, 1.82) is 0 Å². The molecule has 2 rings (SSSR count). The van der Waals surface area contributed by atoms with Gasteiger partial charge in [0, 0.05) is 24.0 Å². The Morgan fingerprint density at radius 1 is 1.36 bits per heavy atom. The molecule has 0 fully saturated rings. The molecule has 0 atom stereocenters. The smallest absolute Gasteiger partial charge is 0.0797 e. The van der Waals surface area contributed by atoms with Crippen LogP contribution < -0.4 is 5.32 Å². The summed E-state index contributed by atoms with van der Waals surface area (Å²) in [5.41, 5.74) is 3.93. The van der Waals surface area contributed by atoms with E-state index >= 15 is 0 Å². The molecule has 4 heteroatoms. The van der Waals surface area contributed by atoms with Crippen molar-refractivity contribution in [3.63, 3.8) is 0 Å². The van der Waals surface area contributed by atoms with Crippen molar-refractivity contribution in [2.45, 2.75) is 0 Å². The number of hydrogen-bond donors (Lipinski definition) is 1. The van der Waals surface area contributed by atoms with Crippen LogP contribution in [0.25, 0.3) is 10.4 Å². The van der Waals surface area contributed by atoms with Gasteiger partial charge in [0.15, 0.2) is 0 Å². The Labute approximate surface area is 91.6 Å². The molecule has 1 N–H and O–H groups in total. The van der Waals surface area contributed by atoms with Gasteiger partial charge >= 0.3 is 0 Å². The minimum atomic E-state index is 0.736. The van der Waals surface area contributed by atoms with E-state index < -0.39 is 0 Å². The van der Waals surface area contributed by atoms with Crippen molar-refractivity contribution < 1.29 is 0 Å². The molecule has 0 spiro atoms. The maximum atomic E-state index is 5.99. The normalized spacial score (nSPS) is 10.1. The number of anilines is 1. The highest BCUT2D eigenvalue weighted by Gasteiger charge is 2.02. The number of rotatable bonds is 2. The van der Waals surface area contributed by atoms with Gasteiger partial charge in [0.25, 0.3) is 0 Å². The standard InChI is InChI=1S/C10H9ClN2S/c1-12-9-3-7(2-8(11)4-9)10-5-13-6-14-10/h2-6,12H,1H3. The SMILES string of the molecule is CNc1cc(Cl)cc(-c2cncs2)c1. The summed E-state index contributed by atoms with van der Waals surface area (Å²) in [7, 11) is 1.88. The van der Waals surface area contributed by atoms with Crippen molar-refractivity contribution in [3.8, 4) is 10.4 Å². The molecule has 14 heavy (non-hydrogen) atoms. The van der Waals surface area contributed by atoms with Crippen LogP contribution in [0, 0.1) is 0 Å². The van der Waals surface area contributed by atoms with E-state index in [2.05, 4.69) is 16.4 Å². The molecule has 2 aromatic rings. The van der Waals surface area contributed by atoms with Crippen LogP contribution in [-0.2, 0) is 0 Å². The Kier molecular flexibility index (Phi) is 2.70. The topological polar surface area (TPSA) is 24.9 Å². The molecule has 0 saturated heterocycles. The average Bonchev–Trinajstić information content (AvgIpc) is 2.69. The molecule has 2 nitrogen and oxygen atoms in total. The lowest BCUT2D eigenvalue weighted by molar-refractivity contribution is 1.42. The van der Waals surface area contributed by atoms with Crippen LogP contribution in [0.5, 0.6) is 0 Å². The highest BCUT2D eigenvalue weighted by molar-refractivity contribution is 7.13. The second kappa shape index (κ2) is 3.98. The van der Waals surface area contributed by atoms with Gasteiger partial charge in [-0.25, -0.2) is 0 Å². The van der Waals surface area contributed by atoms with E-state index in [-0.39, 0.29) is 0 Å². The average molecular weight is 225 g/mol. The lowest BCUT2D eigenvalue weighted by atomic mass is 10.2. The van der Waals surface area contributed by atoms with Gasteiger partial charge < -0.3 is 5.32 Å². The van der Waals surface area contributed by atoms with Gasteiger partial charge in [0.05, 0.1) is 10.4 Å². The zero-order valence-corrected chi connectivity index (χ0v) is 9.19. The number of benzene rings is 1. The van der Waals surface area contributed by atoms with Crippen molar-refractivity contribution in [3.05, 3.63) is 34.9 Å². The Morgan fingerprint density at radius 3 is 2.86 bits per heavy atom. The maximum absolute atomic E-state index is 5.99. The first-order valence-electron chi connectivity index (χ1n) is 4.17. The summed E-state index contributed by atoms with van der Waals surface area (Å²) in [6.07, 6.45) is 1.84. The molecular formula is C10H9ClN2S. The summed E-state index contributed by atoms with van der Waals surface area (Å²) in [5.74, 6) is 0. The zero-order valence-electron chi connectivity index (χ0n) is 7.62. The lowest BCUT2D eigenvalue weighted by Crippen LogP contribution is -1.87. The summed E-state index contributed by atoms with van der Waals surface area (Å²) in [5, 5.41) is 3.81. The highest BCUT2D eigenvalue weighted by atomic mass is 35.5. The van der Waals surface area contributed by atoms with Gasteiger partial charge in [0.1, 0.15) is 0 Å².